The number of benzene rings is 2. The Morgan fingerprint density at radius 3 is 2.45 bits per heavy atom. The zero-order chi connectivity index (χ0) is 21.6. The number of para-hydroxylation sites is 1. The van der Waals surface area contributed by atoms with Crippen LogP contribution in [0.25, 0.3) is 0 Å². The number of sulfonamides is 1. The van der Waals surface area contributed by atoms with Crippen LogP contribution in [0.5, 0.6) is 11.5 Å². The molecule has 0 saturated heterocycles. The fraction of sp³-hybridized carbons (Fsp3) is 0.381. The van der Waals surface area contributed by atoms with Crippen molar-refractivity contribution >= 4 is 15.9 Å². The van der Waals surface area contributed by atoms with Crippen LogP contribution in [-0.2, 0) is 16.6 Å². The monoisotopic (exact) mass is 420 g/mol. The van der Waals surface area contributed by atoms with Crippen molar-refractivity contribution in [1.29, 1.82) is 0 Å². The number of methoxy groups -OCH3 is 1. The van der Waals surface area contributed by atoms with Gasteiger partial charge in [0.05, 0.1) is 24.2 Å². The van der Waals surface area contributed by atoms with Gasteiger partial charge in [-0.05, 0) is 45.0 Å². The molecule has 0 aromatic heterocycles. The molecule has 2 rings (SSSR count). The molecule has 2 aromatic carbocycles. The summed E-state index contributed by atoms with van der Waals surface area (Å²) in [6, 6.07) is 11.5. The van der Waals surface area contributed by atoms with Crippen LogP contribution in [0.1, 0.15) is 36.7 Å². The van der Waals surface area contributed by atoms with E-state index in [1.54, 1.807) is 6.07 Å². The Morgan fingerprint density at radius 1 is 1.14 bits per heavy atom. The lowest BCUT2D eigenvalue weighted by atomic mass is 10.2. The molecule has 2 aromatic rings. The van der Waals surface area contributed by atoms with E-state index in [0.29, 0.717) is 18.1 Å². The third-order valence-corrected chi connectivity index (χ3v) is 6.01. The van der Waals surface area contributed by atoms with Gasteiger partial charge in [-0.25, -0.2) is 8.42 Å². The van der Waals surface area contributed by atoms with Crippen molar-refractivity contribution in [2.75, 3.05) is 20.8 Å². The van der Waals surface area contributed by atoms with E-state index in [4.69, 9.17) is 9.47 Å². The largest absolute Gasteiger partial charge is 0.496 e. The first-order chi connectivity index (χ1) is 13.7. The van der Waals surface area contributed by atoms with Gasteiger partial charge in [0.1, 0.15) is 11.5 Å². The van der Waals surface area contributed by atoms with Crippen molar-refractivity contribution in [2.45, 2.75) is 38.3 Å². The second-order valence-electron chi connectivity index (χ2n) is 6.79. The standard InChI is InChI=1S/C21H28N2O5S/c1-6-28-19-10-8-7-9-16(19)14-23(4)29(25,26)17-11-12-20(27-5)18(13-17)21(24)22-15(2)3/h7-13,15H,6,14H2,1-5H3,(H,22,24). The van der Waals surface area contributed by atoms with Crippen LogP contribution in [0.15, 0.2) is 47.4 Å². The number of ether oxygens (including phenoxy) is 2. The number of nitrogens with zero attached hydrogens (tertiary/aromatic N) is 1. The number of nitrogens with one attached hydrogen (secondary N) is 1. The van der Waals surface area contributed by atoms with Crippen LogP contribution < -0.4 is 14.8 Å². The third kappa shape index (κ3) is 5.48. The van der Waals surface area contributed by atoms with Crippen molar-refractivity contribution < 1.29 is 22.7 Å². The minimum Gasteiger partial charge on any atom is -0.496 e. The van der Waals surface area contributed by atoms with Gasteiger partial charge < -0.3 is 14.8 Å². The summed E-state index contributed by atoms with van der Waals surface area (Å²) in [5.41, 5.74) is 0.928. The molecule has 1 N–H and O–H groups in total. The summed E-state index contributed by atoms with van der Waals surface area (Å²) in [6.07, 6.45) is 0. The molecule has 0 heterocycles. The van der Waals surface area contributed by atoms with Crippen LogP contribution in [0.3, 0.4) is 0 Å². The molecule has 0 saturated carbocycles. The SMILES string of the molecule is CCOc1ccccc1CN(C)S(=O)(=O)c1ccc(OC)c(C(=O)NC(C)C)c1. The Kier molecular flexibility index (Phi) is 7.64. The maximum absolute atomic E-state index is 13.1. The van der Waals surface area contributed by atoms with E-state index in [1.165, 1.54) is 36.7 Å². The topological polar surface area (TPSA) is 84.9 Å². The molecule has 158 valence electrons. The molecule has 1 amide bonds. The Balaban J connectivity index is 2.36. The molecule has 0 atom stereocenters. The normalized spacial score (nSPS) is 11.6. The second kappa shape index (κ2) is 9.76. The van der Waals surface area contributed by atoms with Crippen LogP contribution in [0.4, 0.5) is 0 Å². The number of carbonyl (C=O) groups excluding carboxylic acids is 1. The molecular weight excluding hydrogens is 392 g/mol. The Labute approximate surface area is 172 Å². The molecule has 0 bridgehead atoms. The number of rotatable bonds is 9. The van der Waals surface area contributed by atoms with Gasteiger partial charge in [-0.3, -0.25) is 4.79 Å². The average Bonchev–Trinajstić information content (AvgIpc) is 2.68. The summed E-state index contributed by atoms with van der Waals surface area (Å²) in [5, 5.41) is 2.76. The molecule has 7 nitrogen and oxygen atoms in total. The van der Waals surface area contributed by atoms with E-state index < -0.39 is 15.9 Å². The molecule has 0 aliphatic heterocycles. The predicted molar refractivity (Wildman–Crippen MR) is 112 cm³/mol. The van der Waals surface area contributed by atoms with E-state index in [-0.39, 0.29) is 23.0 Å². The van der Waals surface area contributed by atoms with Gasteiger partial charge >= 0.3 is 0 Å². The van der Waals surface area contributed by atoms with Gasteiger partial charge in [0.25, 0.3) is 5.91 Å². The van der Waals surface area contributed by atoms with E-state index in [2.05, 4.69) is 5.32 Å². The summed E-state index contributed by atoms with van der Waals surface area (Å²) in [7, 11) is -0.903. The highest BCUT2D eigenvalue weighted by Crippen LogP contribution is 2.26. The minimum absolute atomic E-state index is 0.0172. The second-order valence-corrected chi connectivity index (χ2v) is 8.84. The highest BCUT2D eigenvalue weighted by molar-refractivity contribution is 7.89. The highest BCUT2D eigenvalue weighted by atomic mass is 32.2. The van der Waals surface area contributed by atoms with Crippen LogP contribution in [-0.4, -0.2) is 45.4 Å². The van der Waals surface area contributed by atoms with Gasteiger partial charge in [0, 0.05) is 25.2 Å². The first kappa shape index (κ1) is 22.7. The summed E-state index contributed by atoms with van der Waals surface area (Å²) in [5.74, 6) is 0.563. The van der Waals surface area contributed by atoms with Crippen LogP contribution >= 0.6 is 0 Å². The molecule has 8 heteroatoms. The number of carbonyl (C=O) groups is 1. The Morgan fingerprint density at radius 2 is 1.83 bits per heavy atom. The minimum atomic E-state index is -3.84. The van der Waals surface area contributed by atoms with Gasteiger partial charge in [0.2, 0.25) is 10.0 Å². The zero-order valence-corrected chi connectivity index (χ0v) is 18.2. The van der Waals surface area contributed by atoms with Crippen LogP contribution in [0, 0.1) is 0 Å². The average molecular weight is 421 g/mol. The van der Waals surface area contributed by atoms with Gasteiger partial charge in [0.15, 0.2) is 0 Å². The highest BCUT2D eigenvalue weighted by Gasteiger charge is 2.25. The molecule has 0 spiro atoms. The number of hydrogen-bond donors (Lipinski definition) is 1. The predicted octanol–water partition coefficient (Wildman–Crippen LogP) is 3.05. The lowest BCUT2D eigenvalue weighted by Gasteiger charge is -2.20. The molecular formula is C21H28N2O5S. The van der Waals surface area contributed by atoms with Crippen molar-refractivity contribution in [3.63, 3.8) is 0 Å². The first-order valence-electron chi connectivity index (χ1n) is 9.36. The van der Waals surface area contributed by atoms with Crippen molar-refractivity contribution in [3.8, 4) is 11.5 Å². The molecule has 0 aliphatic rings. The fourth-order valence-corrected chi connectivity index (χ4v) is 3.98. The molecule has 0 aliphatic carbocycles. The number of amides is 1. The van der Waals surface area contributed by atoms with Gasteiger partial charge in [-0.2, -0.15) is 4.31 Å². The fourth-order valence-electron chi connectivity index (χ4n) is 2.80. The summed E-state index contributed by atoms with van der Waals surface area (Å²) in [6.45, 7) is 6.15. The van der Waals surface area contributed by atoms with Crippen LogP contribution in [0.2, 0.25) is 0 Å². The number of hydrogen-bond acceptors (Lipinski definition) is 5. The molecule has 29 heavy (non-hydrogen) atoms. The van der Waals surface area contributed by atoms with E-state index in [0.717, 1.165) is 5.56 Å². The Bertz CT molecular complexity index is 957. The molecule has 0 unspecified atom stereocenters. The lowest BCUT2D eigenvalue weighted by molar-refractivity contribution is 0.0940. The quantitative estimate of drug-likeness (QED) is 0.674. The summed E-state index contributed by atoms with van der Waals surface area (Å²) in [4.78, 5) is 12.5. The van der Waals surface area contributed by atoms with E-state index in [9.17, 15) is 13.2 Å². The van der Waals surface area contributed by atoms with Crippen molar-refractivity contribution in [3.05, 3.63) is 53.6 Å². The smallest absolute Gasteiger partial charge is 0.255 e. The third-order valence-electron chi connectivity index (χ3n) is 4.21. The van der Waals surface area contributed by atoms with E-state index >= 15 is 0 Å². The summed E-state index contributed by atoms with van der Waals surface area (Å²) < 4.78 is 38.3. The van der Waals surface area contributed by atoms with Gasteiger partial charge in [-0.15, -0.1) is 0 Å². The van der Waals surface area contributed by atoms with E-state index in [1.807, 2.05) is 39.0 Å². The maximum Gasteiger partial charge on any atom is 0.255 e. The van der Waals surface area contributed by atoms with Crippen molar-refractivity contribution in [1.82, 2.24) is 9.62 Å². The zero-order valence-electron chi connectivity index (χ0n) is 17.4. The van der Waals surface area contributed by atoms with Gasteiger partial charge in [-0.1, -0.05) is 18.2 Å². The summed E-state index contributed by atoms with van der Waals surface area (Å²) >= 11 is 0. The van der Waals surface area contributed by atoms with Crippen molar-refractivity contribution in [2.24, 2.45) is 0 Å². The lowest BCUT2D eigenvalue weighted by Crippen LogP contribution is -2.31. The molecule has 0 fully saturated rings. The first-order valence-corrected chi connectivity index (χ1v) is 10.8. The maximum atomic E-state index is 13.1. The molecule has 0 radical (unpaired) electrons. The Hall–Kier alpha value is -2.58.